The molecule has 3 atom stereocenters. The summed E-state index contributed by atoms with van der Waals surface area (Å²) in [5.41, 5.74) is 16.2. The lowest BCUT2D eigenvalue weighted by Gasteiger charge is -2.26. The van der Waals surface area contributed by atoms with Crippen LogP contribution in [-0.4, -0.2) is 14.1 Å². The Morgan fingerprint density at radius 1 is 0.526 bits per heavy atom. The topological polar surface area (TPSA) is 22.8 Å². The lowest BCUT2D eigenvalue weighted by atomic mass is 9.79. The van der Waals surface area contributed by atoms with E-state index in [-0.39, 0.29) is 0 Å². The number of hydrogen-bond acceptors (Lipinski definition) is 1. The summed E-state index contributed by atoms with van der Waals surface area (Å²) in [5.74, 6) is 2.84. The molecule has 3 aromatic heterocycles. The van der Waals surface area contributed by atoms with Gasteiger partial charge >= 0.3 is 0 Å². The first-order valence-electron chi connectivity index (χ1n) is 20.6. The van der Waals surface area contributed by atoms with Crippen molar-refractivity contribution in [3.63, 3.8) is 0 Å². The lowest BCUT2D eigenvalue weighted by Crippen LogP contribution is -2.12. The smallest absolute Gasteiger partial charge is 0.138 e. The van der Waals surface area contributed by atoms with Crippen LogP contribution in [-0.2, 0) is 6.42 Å². The van der Waals surface area contributed by atoms with E-state index in [4.69, 9.17) is 4.98 Å². The number of aromatic nitrogens is 3. The molecule has 2 aliphatic carbocycles. The van der Waals surface area contributed by atoms with Crippen LogP contribution in [0.15, 0.2) is 158 Å². The molecule has 0 radical (unpaired) electrons. The Morgan fingerprint density at radius 2 is 1.23 bits per heavy atom. The third kappa shape index (κ3) is 5.59. The largest absolute Gasteiger partial charge is 0.309 e. The molecule has 2 aliphatic rings. The number of pyridine rings is 1. The maximum Gasteiger partial charge on any atom is 0.138 e. The van der Waals surface area contributed by atoms with Gasteiger partial charge in [-0.2, -0.15) is 0 Å². The molecular formula is C54H45N3. The highest BCUT2D eigenvalue weighted by atomic mass is 15.1. The van der Waals surface area contributed by atoms with E-state index in [0.717, 1.165) is 36.5 Å². The predicted molar refractivity (Wildman–Crippen MR) is 241 cm³/mol. The van der Waals surface area contributed by atoms with Gasteiger partial charge in [-0.3, -0.25) is 4.57 Å². The fourth-order valence-corrected chi connectivity index (χ4v) is 9.67. The van der Waals surface area contributed by atoms with Gasteiger partial charge in [-0.05, 0) is 143 Å². The number of benzene rings is 6. The van der Waals surface area contributed by atoms with Crippen LogP contribution < -0.4 is 0 Å². The number of allylic oxidation sites excluding steroid dienone is 3. The number of rotatable bonds is 5. The fourth-order valence-electron chi connectivity index (χ4n) is 9.67. The Labute approximate surface area is 334 Å². The van der Waals surface area contributed by atoms with Crippen molar-refractivity contribution in [1.82, 2.24) is 14.1 Å². The molecule has 9 aromatic rings. The molecule has 3 unspecified atom stereocenters. The second-order valence-corrected chi connectivity index (χ2v) is 16.6. The SMILES string of the molecule is CC1C=Cc2c(c3cc(-c4ccc5c(c4)c4ccccc4n5-c4ccccc4)ccc3n2-c2cc(-c3cccc(C4=CCC(C)C(C)C4)c3)c3ccccc3n2)C1. The van der Waals surface area contributed by atoms with Crippen molar-refractivity contribution >= 4 is 55.3 Å². The Kier molecular flexibility index (Phi) is 7.93. The van der Waals surface area contributed by atoms with Crippen molar-refractivity contribution < 1.29 is 0 Å². The van der Waals surface area contributed by atoms with Gasteiger partial charge in [-0.1, -0.05) is 118 Å². The van der Waals surface area contributed by atoms with Crippen molar-refractivity contribution in [3.05, 3.63) is 175 Å². The normalized spacial score (nSPS) is 18.1. The molecule has 0 fully saturated rings. The average Bonchev–Trinajstić information content (AvgIpc) is 3.76. The van der Waals surface area contributed by atoms with Crippen LogP contribution in [0, 0.1) is 17.8 Å². The summed E-state index contributed by atoms with van der Waals surface area (Å²) < 4.78 is 4.80. The van der Waals surface area contributed by atoms with E-state index in [1.165, 1.54) is 88.4 Å². The molecule has 0 N–H and O–H groups in total. The number of para-hydroxylation sites is 3. The second-order valence-electron chi connectivity index (χ2n) is 16.6. The molecule has 11 rings (SSSR count). The summed E-state index contributed by atoms with van der Waals surface area (Å²) in [5, 5.41) is 5.02. The highest BCUT2D eigenvalue weighted by Gasteiger charge is 2.24. The van der Waals surface area contributed by atoms with Gasteiger partial charge in [-0.15, -0.1) is 0 Å². The van der Waals surface area contributed by atoms with Gasteiger partial charge in [-0.25, -0.2) is 4.98 Å². The Hall–Kier alpha value is -6.45. The molecule has 3 nitrogen and oxygen atoms in total. The van der Waals surface area contributed by atoms with E-state index in [1.807, 2.05) is 0 Å². The van der Waals surface area contributed by atoms with Crippen molar-refractivity contribution in [1.29, 1.82) is 0 Å². The molecule has 0 aliphatic heterocycles. The summed E-state index contributed by atoms with van der Waals surface area (Å²) >= 11 is 0. The zero-order valence-corrected chi connectivity index (χ0v) is 32.8. The van der Waals surface area contributed by atoms with Gasteiger partial charge < -0.3 is 4.57 Å². The summed E-state index contributed by atoms with van der Waals surface area (Å²) in [6.45, 7) is 7.10. The number of fused-ring (bicyclic) bond motifs is 7. The minimum atomic E-state index is 0.461. The van der Waals surface area contributed by atoms with Crippen molar-refractivity contribution in [3.8, 4) is 33.8 Å². The quantitative estimate of drug-likeness (QED) is 0.173. The van der Waals surface area contributed by atoms with Crippen LogP contribution in [0.2, 0.25) is 0 Å². The molecule has 3 heteroatoms. The molecule has 276 valence electrons. The third-order valence-electron chi connectivity index (χ3n) is 13.0. The first-order valence-corrected chi connectivity index (χ1v) is 20.6. The lowest BCUT2D eigenvalue weighted by molar-refractivity contribution is 0.386. The maximum atomic E-state index is 5.40. The first-order chi connectivity index (χ1) is 28.0. The van der Waals surface area contributed by atoms with Gasteiger partial charge in [0, 0.05) is 27.2 Å². The Morgan fingerprint density at radius 3 is 2.05 bits per heavy atom. The van der Waals surface area contributed by atoms with Crippen LogP contribution in [0.25, 0.3) is 89.0 Å². The zero-order chi connectivity index (χ0) is 38.2. The van der Waals surface area contributed by atoms with Crippen LogP contribution in [0.5, 0.6) is 0 Å². The van der Waals surface area contributed by atoms with Gasteiger partial charge in [0.1, 0.15) is 5.82 Å². The minimum Gasteiger partial charge on any atom is -0.309 e. The van der Waals surface area contributed by atoms with Crippen LogP contribution in [0.1, 0.15) is 50.4 Å². The standard InChI is InChI=1S/C54H45N3/c1-34-20-25-52-46(28-34)48-32-40(39-23-26-51-47(31-39)44-17-8-10-19-50(44)56(51)42-14-5-4-6-15-42)24-27-53(48)57(52)54-33-45(43-16-7-9-18-49(43)55-54)41-13-11-12-37(30-41)38-22-21-35(2)36(3)29-38/h4-20,22-27,30-36H,21,28-29H2,1-3H3. The highest BCUT2D eigenvalue weighted by molar-refractivity contribution is 6.10. The van der Waals surface area contributed by atoms with Gasteiger partial charge in [0.15, 0.2) is 0 Å². The number of nitrogens with zero attached hydrogens (tertiary/aromatic N) is 3. The molecule has 3 heterocycles. The third-order valence-corrected chi connectivity index (χ3v) is 13.0. The minimum absolute atomic E-state index is 0.461. The monoisotopic (exact) mass is 735 g/mol. The average molecular weight is 736 g/mol. The maximum absolute atomic E-state index is 5.40. The highest BCUT2D eigenvalue weighted by Crippen LogP contribution is 2.42. The summed E-state index contributed by atoms with van der Waals surface area (Å²) in [6.07, 6.45) is 10.4. The summed E-state index contributed by atoms with van der Waals surface area (Å²) in [6, 6.07) is 53.7. The molecule has 57 heavy (non-hydrogen) atoms. The fraction of sp³-hybridized carbons (Fsp3) is 0.167. The molecule has 6 aromatic carbocycles. The van der Waals surface area contributed by atoms with E-state index < -0.39 is 0 Å². The van der Waals surface area contributed by atoms with E-state index in [9.17, 15) is 0 Å². The van der Waals surface area contributed by atoms with Crippen molar-refractivity contribution in [2.75, 3.05) is 0 Å². The molecule has 0 amide bonds. The van der Waals surface area contributed by atoms with Gasteiger partial charge in [0.05, 0.1) is 27.8 Å². The van der Waals surface area contributed by atoms with Gasteiger partial charge in [0.25, 0.3) is 0 Å². The molecular weight excluding hydrogens is 691 g/mol. The van der Waals surface area contributed by atoms with E-state index in [0.29, 0.717) is 11.8 Å². The Balaban J connectivity index is 1.07. The zero-order valence-electron chi connectivity index (χ0n) is 32.8. The predicted octanol–water partition coefficient (Wildman–Crippen LogP) is 14.3. The van der Waals surface area contributed by atoms with E-state index in [1.54, 1.807) is 0 Å². The molecule has 0 spiro atoms. The van der Waals surface area contributed by atoms with Crippen LogP contribution >= 0.6 is 0 Å². The van der Waals surface area contributed by atoms with Crippen LogP contribution in [0.3, 0.4) is 0 Å². The van der Waals surface area contributed by atoms with Crippen LogP contribution in [0.4, 0.5) is 0 Å². The molecule has 0 saturated heterocycles. The van der Waals surface area contributed by atoms with Crippen molar-refractivity contribution in [2.45, 2.75) is 40.0 Å². The first kappa shape index (κ1) is 33.9. The summed E-state index contributed by atoms with van der Waals surface area (Å²) in [4.78, 5) is 5.40. The second kappa shape index (κ2) is 13.3. The summed E-state index contributed by atoms with van der Waals surface area (Å²) in [7, 11) is 0. The van der Waals surface area contributed by atoms with E-state index in [2.05, 4.69) is 194 Å². The van der Waals surface area contributed by atoms with Crippen molar-refractivity contribution in [2.24, 2.45) is 17.8 Å². The Bertz CT molecular complexity index is 3100. The molecule has 0 saturated carbocycles. The van der Waals surface area contributed by atoms with Gasteiger partial charge in [0.2, 0.25) is 0 Å². The molecule has 0 bridgehead atoms. The number of hydrogen-bond donors (Lipinski definition) is 0. The van der Waals surface area contributed by atoms with E-state index >= 15 is 0 Å².